The Hall–Kier alpha value is -3.34. The van der Waals surface area contributed by atoms with E-state index in [2.05, 4.69) is 39.7 Å². The van der Waals surface area contributed by atoms with Crippen molar-refractivity contribution in [3.8, 4) is 11.1 Å². The van der Waals surface area contributed by atoms with E-state index in [1.807, 2.05) is 43.9 Å². The van der Waals surface area contributed by atoms with Crippen LogP contribution < -0.4 is 9.80 Å². The predicted octanol–water partition coefficient (Wildman–Crippen LogP) is 5.37. The van der Waals surface area contributed by atoms with Gasteiger partial charge in [0.1, 0.15) is 11.3 Å². The smallest absolute Gasteiger partial charge is 0.246 e. The number of carbonyl (C=O) groups is 1. The molecule has 2 saturated heterocycles. The molecule has 2 atom stereocenters. The number of carbonyl (C=O) groups excluding carboxylic acids is 1. The Balaban J connectivity index is 1.53. The second kappa shape index (κ2) is 10.5. The maximum atomic E-state index is 16.8. The molecule has 8 nitrogen and oxygen atoms in total. The molecule has 0 radical (unpaired) electrons. The van der Waals surface area contributed by atoms with Crippen LogP contribution in [0.2, 0.25) is 5.02 Å². The maximum Gasteiger partial charge on any atom is 0.246 e. The van der Waals surface area contributed by atoms with E-state index in [9.17, 15) is 4.79 Å². The lowest BCUT2D eigenvalue weighted by Crippen LogP contribution is -2.59. The summed E-state index contributed by atoms with van der Waals surface area (Å²) < 4.78 is 22.3. The Labute approximate surface area is 248 Å². The average Bonchev–Trinajstić information content (AvgIpc) is 3.29. The van der Waals surface area contributed by atoms with Crippen molar-refractivity contribution in [2.24, 2.45) is 0 Å². The van der Waals surface area contributed by atoms with Crippen LogP contribution >= 0.6 is 23.1 Å². The minimum absolute atomic E-state index is 0.0678. The minimum Gasteiger partial charge on any atom is -0.349 e. The third kappa shape index (κ3) is 4.62. The fourth-order valence-electron chi connectivity index (χ4n) is 5.92. The number of hydrogen-bond acceptors (Lipinski definition) is 8. The lowest BCUT2D eigenvalue weighted by Gasteiger charge is -2.45. The second-order valence-electron chi connectivity index (χ2n) is 11.3. The largest absolute Gasteiger partial charge is 0.349 e. The fourth-order valence-corrected chi connectivity index (χ4v) is 7.03. The SMILES string of the molecule is C=CC(=O)N1C[C@H](C)N(c2nc(N3CC(N(C)C)C3)nc3c(F)c(-c4cccc5snc(C)c45)c(Cl)cc23)C[C@H]1C. The van der Waals surface area contributed by atoms with Gasteiger partial charge < -0.3 is 19.6 Å². The van der Waals surface area contributed by atoms with Gasteiger partial charge in [-0.2, -0.15) is 9.36 Å². The Kier molecular flexibility index (Phi) is 7.12. The number of piperazine rings is 1. The molecule has 1 amide bonds. The van der Waals surface area contributed by atoms with E-state index in [1.165, 1.54) is 17.6 Å². The fraction of sp³-hybridized carbons (Fsp3) is 0.400. The van der Waals surface area contributed by atoms with Gasteiger partial charge in [0.05, 0.1) is 15.4 Å². The van der Waals surface area contributed by atoms with Gasteiger partial charge in [-0.05, 0) is 70.2 Å². The van der Waals surface area contributed by atoms with Gasteiger partial charge in [-0.3, -0.25) is 4.79 Å². The summed E-state index contributed by atoms with van der Waals surface area (Å²) in [6.07, 6.45) is 1.35. The molecule has 4 heterocycles. The number of likely N-dealkylation sites (N-methyl/N-ethyl adjacent to an activating group) is 1. The van der Waals surface area contributed by atoms with Crippen molar-refractivity contribution < 1.29 is 9.18 Å². The number of nitrogens with zero attached hydrogens (tertiary/aromatic N) is 7. The molecule has 0 bridgehead atoms. The Bertz CT molecular complexity index is 1680. The maximum absolute atomic E-state index is 16.8. The number of aryl methyl sites for hydroxylation is 1. The van der Waals surface area contributed by atoms with Gasteiger partial charge in [0, 0.05) is 60.6 Å². The van der Waals surface area contributed by atoms with Crippen LogP contribution in [0.15, 0.2) is 36.9 Å². The number of aromatic nitrogens is 3. The Morgan fingerprint density at radius 2 is 1.93 bits per heavy atom. The van der Waals surface area contributed by atoms with Crippen molar-refractivity contribution in [3.05, 3.63) is 53.5 Å². The zero-order chi connectivity index (χ0) is 29.2. The number of halogens is 2. The van der Waals surface area contributed by atoms with Crippen LogP contribution in [0.1, 0.15) is 19.5 Å². The molecule has 0 unspecified atom stereocenters. The lowest BCUT2D eigenvalue weighted by molar-refractivity contribution is -0.128. The van der Waals surface area contributed by atoms with Crippen LogP contribution in [0.5, 0.6) is 0 Å². The lowest BCUT2D eigenvalue weighted by atomic mass is 9.98. The highest BCUT2D eigenvalue weighted by Crippen LogP contribution is 2.43. The highest BCUT2D eigenvalue weighted by atomic mass is 35.5. The van der Waals surface area contributed by atoms with Crippen molar-refractivity contribution in [3.63, 3.8) is 0 Å². The van der Waals surface area contributed by atoms with Crippen molar-refractivity contribution in [2.75, 3.05) is 50.1 Å². The average molecular weight is 594 g/mol. The van der Waals surface area contributed by atoms with Crippen molar-refractivity contribution in [1.82, 2.24) is 24.1 Å². The van der Waals surface area contributed by atoms with Gasteiger partial charge in [-0.1, -0.05) is 30.3 Å². The second-order valence-corrected chi connectivity index (χ2v) is 12.5. The van der Waals surface area contributed by atoms with Crippen LogP contribution in [0.4, 0.5) is 16.2 Å². The van der Waals surface area contributed by atoms with Gasteiger partial charge in [-0.25, -0.2) is 9.37 Å². The monoisotopic (exact) mass is 593 g/mol. The Morgan fingerprint density at radius 1 is 1.17 bits per heavy atom. The molecule has 2 aliphatic heterocycles. The molecule has 0 N–H and O–H groups in total. The molecule has 2 aromatic carbocycles. The van der Waals surface area contributed by atoms with Crippen LogP contribution in [-0.2, 0) is 4.79 Å². The normalized spacial score (nSPS) is 19.9. The third-order valence-electron chi connectivity index (χ3n) is 8.38. The van der Waals surface area contributed by atoms with Gasteiger partial charge in [0.25, 0.3) is 0 Å². The molecule has 2 aliphatic rings. The summed E-state index contributed by atoms with van der Waals surface area (Å²) in [5.41, 5.74) is 2.10. The molecule has 41 heavy (non-hydrogen) atoms. The Morgan fingerprint density at radius 3 is 2.63 bits per heavy atom. The van der Waals surface area contributed by atoms with Gasteiger partial charge in [0.2, 0.25) is 11.9 Å². The summed E-state index contributed by atoms with van der Waals surface area (Å²) in [5, 5.41) is 1.75. The molecule has 0 saturated carbocycles. The number of anilines is 2. The summed E-state index contributed by atoms with van der Waals surface area (Å²) in [7, 11) is 4.11. The summed E-state index contributed by atoms with van der Waals surface area (Å²) in [5.74, 6) is 0.552. The first-order valence-electron chi connectivity index (χ1n) is 13.7. The van der Waals surface area contributed by atoms with E-state index in [1.54, 1.807) is 6.07 Å². The minimum atomic E-state index is -0.471. The predicted molar refractivity (Wildman–Crippen MR) is 166 cm³/mol. The molecular formula is C30H33ClFN7OS. The van der Waals surface area contributed by atoms with Crippen LogP contribution in [0, 0.1) is 12.7 Å². The zero-order valence-corrected chi connectivity index (χ0v) is 25.4. The quantitative estimate of drug-likeness (QED) is 0.288. The molecule has 2 aromatic heterocycles. The van der Waals surface area contributed by atoms with E-state index in [0.717, 1.165) is 28.9 Å². The molecule has 11 heteroatoms. The first-order chi connectivity index (χ1) is 19.6. The van der Waals surface area contributed by atoms with Crippen molar-refractivity contribution >= 4 is 61.8 Å². The van der Waals surface area contributed by atoms with Crippen LogP contribution in [0.3, 0.4) is 0 Å². The van der Waals surface area contributed by atoms with Gasteiger partial charge in [-0.15, -0.1) is 0 Å². The molecule has 0 aliphatic carbocycles. The number of hydrogen-bond donors (Lipinski definition) is 0. The van der Waals surface area contributed by atoms with E-state index in [4.69, 9.17) is 21.6 Å². The highest BCUT2D eigenvalue weighted by Gasteiger charge is 2.36. The van der Waals surface area contributed by atoms with Crippen molar-refractivity contribution in [1.29, 1.82) is 0 Å². The summed E-state index contributed by atoms with van der Waals surface area (Å²) in [4.78, 5) is 30.6. The first-order valence-corrected chi connectivity index (χ1v) is 14.9. The van der Waals surface area contributed by atoms with E-state index in [0.29, 0.717) is 52.4 Å². The molecule has 6 rings (SSSR count). The number of fused-ring (bicyclic) bond motifs is 2. The van der Waals surface area contributed by atoms with E-state index >= 15 is 4.39 Å². The van der Waals surface area contributed by atoms with Crippen LogP contribution in [-0.4, -0.2) is 88.4 Å². The van der Waals surface area contributed by atoms with Gasteiger partial charge >= 0.3 is 0 Å². The number of benzene rings is 2. The molecule has 4 aromatic rings. The van der Waals surface area contributed by atoms with E-state index in [-0.39, 0.29) is 23.5 Å². The van der Waals surface area contributed by atoms with Crippen molar-refractivity contribution in [2.45, 2.75) is 38.9 Å². The third-order valence-corrected chi connectivity index (χ3v) is 9.58. The number of rotatable bonds is 5. The zero-order valence-electron chi connectivity index (χ0n) is 23.9. The summed E-state index contributed by atoms with van der Waals surface area (Å²) in [6.45, 7) is 12.2. The van der Waals surface area contributed by atoms with Gasteiger partial charge in [0.15, 0.2) is 5.82 Å². The van der Waals surface area contributed by atoms with E-state index < -0.39 is 5.82 Å². The topological polar surface area (TPSA) is 68.7 Å². The number of amides is 1. The first kappa shape index (κ1) is 27.8. The summed E-state index contributed by atoms with van der Waals surface area (Å²) in [6, 6.07) is 7.79. The summed E-state index contributed by atoms with van der Waals surface area (Å²) >= 11 is 8.30. The molecule has 214 valence electrons. The molecule has 2 fully saturated rings. The van der Waals surface area contributed by atoms with Crippen LogP contribution in [0.25, 0.3) is 32.1 Å². The molecular weight excluding hydrogens is 561 g/mol. The molecule has 0 spiro atoms. The highest BCUT2D eigenvalue weighted by molar-refractivity contribution is 7.13. The standard InChI is InChI=1S/C30H33ClFN7OS/c1-7-24(40)38-12-17(3)39(13-16(38)2)29-21-11-22(31)26(20-9-8-10-23-25(20)18(4)35-41-23)27(32)28(21)33-30(34-29)37-14-19(15-37)36(5)6/h7-11,16-17,19H,1,12-15H2,2-6H3/t16-,17+/m1/s1.